The fourth-order valence-corrected chi connectivity index (χ4v) is 6.95. The maximum absolute atomic E-state index is 13.8. The van der Waals surface area contributed by atoms with E-state index in [2.05, 4.69) is 29.8 Å². The molecule has 1 saturated heterocycles. The Morgan fingerprint density at radius 3 is 2.61 bits per heavy atom. The van der Waals surface area contributed by atoms with Gasteiger partial charge in [0.15, 0.2) is 6.23 Å². The highest BCUT2D eigenvalue weighted by molar-refractivity contribution is 9.11. The number of amides is 2. The van der Waals surface area contributed by atoms with E-state index in [1.165, 1.54) is 12.0 Å². The Kier molecular flexibility index (Phi) is 7.15. The van der Waals surface area contributed by atoms with Crippen molar-refractivity contribution in [2.24, 2.45) is 16.7 Å². The van der Waals surface area contributed by atoms with Gasteiger partial charge in [-0.05, 0) is 42.4 Å². The van der Waals surface area contributed by atoms with Gasteiger partial charge in [0.25, 0.3) is 5.24 Å². The quantitative estimate of drug-likeness (QED) is 0.371. The van der Waals surface area contributed by atoms with Crippen LogP contribution in [-0.4, -0.2) is 73.2 Å². The maximum Gasteiger partial charge on any atom is 0.291 e. The van der Waals surface area contributed by atoms with E-state index in [9.17, 15) is 9.59 Å². The molecule has 0 N–H and O–H groups in total. The highest BCUT2D eigenvalue weighted by Crippen LogP contribution is 2.67. The number of alkyl halides is 1. The van der Waals surface area contributed by atoms with Crippen molar-refractivity contribution >= 4 is 38.8 Å². The zero-order chi connectivity index (χ0) is 20.5. The van der Waals surface area contributed by atoms with Crippen LogP contribution in [0.15, 0.2) is 0 Å². The van der Waals surface area contributed by atoms with Gasteiger partial charge in [-0.3, -0.25) is 9.59 Å². The number of carbonyl (C=O) groups is 2. The molecule has 5 atom stereocenters. The average molecular weight is 480 g/mol. The van der Waals surface area contributed by atoms with Crippen molar-refractivity contribution < 1.29 is 28.5 Å². The van der Waals surface area contributed by atoms with Gasteiger partial charge < -0.3 is 18.9 Å². The molecule has 2 bridgehead atoms. The van der Waals surface area contributed by atoms with Crippen molar-refractivity contribution in [1.29, 1.82) is 0 Å². The molecule has 1 heterocycles. The van der Waals surface area contributed by atoms with Gasteiger partial charge in [0.1, 0.15) is 4.16 Å². The van der Waals surface area contributed by atoms with Crippen molar-refractivity contribution in [3.05, 3.63) is 0 Å². The number of imide groups is 1. The van der Waals surface area contributed by atoms with Gasteiger partial charge >= 0.3 is 0 Å². The van der Waals surface area contributed by atoms with E-state index in [0.717, 1.165) is 31.0 Å². The number of fused-ring (bicyclic) bond motifs is 2. The second kappa shape index (κ2) is 8.89. The Labute approximate surface area is 179 Å². The van der Waals surface area contributed by atoms with Crippen LogP contribution >= 0.6 is 27.7 Å². The molecular weight excluding hydrogens is 450 g/mol. The first-order chi connectivity index (χ1) is 13.3. The number of halogens is 1. The Hall–Kier alpha value is -0.190. The van der Waals surface area contributed by atoms with Crippen molar-refractivity contribution in [3.8, 4) is 0 Å². The third-order valence-electron chi connectivity index (χ3n) is 6.81. The molecule has 1 aliphatic heterocycles. The number of hydrogen-bond donors (Lipinski definition) is 0. The molecule has 3 fully saturated rings. The predicted octanol–water partition coefficient (Wildman–Crippen LogP) is 3.25. The second-order valence-electron chi connectivity index (χ2n) is 8.17. The van der Waals surface area contributed by atoms with E-state index in [1.807, 2.05) is 0 Å². The van der Waals surface area contributed by atoms with E-state index in [0.29, 0.717) is 32.3 Å². The number of ether oxygens (including phenoxy) is 4. The number of hydrogen-bond acceptors (Lipinski definition) is 7. The van der Waals surface area contributed by atoms with Gasteiger partial charge in [-0.15, -0.1) is 0 Å². The molecule has 160 valence electrons. The minimum atomic E-state index is -0.714. The lowest BCUT2D eigenvalue weighted by Crippen LogP contribution is -2.56. The fourth-order valence-electron chi connectivity index (χ4n) is 5.18. The summed E-state index contributed by atoms with van der Waals surface area (Å²) in [6, 6.07) is 0. The summed E-state index contributed by atoms with van der Waals surface area (Å²) in [6.07, 6.45) is 1.73. The van der Waals surface area contributed by atoms with Crippen molar-refractivity contribution in [1.82, 2.24) is 4.90 Å². The molecular formula is C19H30BrNO6S. The molecule has 0 aromatic heterocycles. The number of carbonyl (C=O) groups excluding carboxylic acids is 2. The monoisotopic (exact) mass is 479 g/mol. The van der Waals surface area contributed by atoms with Gasteiger partial charge in [-0.25, -0.2) is 4.90 Å². The SMILES string of the molecule is COCCOCCO[C@@H]1C[C@H]2CC[C@]1(C(=O)N1C(=O)S[C@@H](Br)[C@@H]1OC)C2(C)C. The van der Waals surface area contributed by atoms with E-state index in [4.69, 9.17) is 18.9 Å². The first-order valence-electron chi connectivity index (χ1n) is 9.70. The summed E-state index contributed by atoms with van der Waals surface area (Å²) >= 11 is 4.54. The lowest BCUT2D eigenvalue weighted by molar-refractivity contribution is -0.163. The van der Waals surface area contributed by atoms with Gasteiger partial charge in [0.05, 0.1) is 37.9 Å². The van der Waals surface area contributed by atoms with Crippen LogP contribution < -0.4 is 0 Å². The minimum absolute atomic E-state index is 0.158. The van der Waals surface area contributed by atoms with Crippen LogP contribution in [-0.2, 0) is 23.7 Å². The van der Waals surface area contributed by atoms with E-state index in [1.54, 1.807) is 7.11 Å². The second-order valence-corrected chi connectivity index (χ2v) is 10.9. The van der Waals surface area contributed by atoms with Crippen LogP contribution in [0.25, 0.3) is 0 Å². The maximum atomic E-state index is 13.8. The largest absolute Gasteiger partial charge is 0.382 e. The summed E-state index contributed by atoms with van der Waals surface area (Å²) in [4.78, 5) is 27.7. The highest BCUT2D eigenvalue weighted by atomic mass is 79.9. The molecule has 7 nitrogen and oxygen atoms in total. The van der Waals surface area contributed by atoms with E-state index in [-0.39, 0.29) is 26.8 Å². The van der Waals surface area contributed by atoms with Gasteiger partial charge in [-0.2, -0.15) is 0 Å². The van der Waals surface area contributed by atoms with Crippen molar-refractivity contribution in [3.63, 3.8) is 0 Å². The smallest absolute Gasteiger partial charge is 0.291 e. The molecule has 0 aromatic rings. The molecule has 9 heteroatoms. The summed E-state index contributed by atoms with van der Waals surface area (Å²) in [5.74, 6) is 0.246. The van der Waals surface area contributed by atoms with Crippen molar-refractivity contribution in [2.75, 3.05) is 40.6 Å². The average Bonchev–Trinajstić information content (AvgIpc) is 3.18. The van der Waals surface area contributed by atoms with Crippen LogP contribution in [0.2, 0.25) is 0 Å². The molecule has 28 heavy (non-hydrogen) atoms. The van der Waals surface area contributed by atoms with E-state index < -0.39 is 11.6 Å². The number of rotatable bonds is 9. The fraction of sp³-hybridized carbons (Fsp3) is 0.895. The molecule has 0 spiro atoms. The van der Waals surface area contributed by atoms with Crippen molar-refractivity contribution in [2.45, 2.75) is 49.6 Å². The number of methoxy groups -OCH3 is 2. The standard InChI is InChI=1S/C19H30BrNO6S/c1-18(2)12-5-6-19(18,13(11-12)27-10-9-26-8-7-24-3)16(22)21-15(25-4)14(20)28-17(21)23/h12-15H,5-11H2,1-4H3/t12-,13-,14-,15+,19+/m1/s1. The van der Waals surface area contributed by atoms with Crippen LogP contribution in [0.1, 0.15) is 33.1 Å². The van der Waals surface area contributed by atoms with Gasteiger partial charge in [0.2, 0.25) is 5.91 Å². The Balaban J connectivity index is 1.76. The lowest BCUT2D eigenvalue weighted by Gasteiger charge is -2.43. The van der Waals surface area contributed by atoms with Crippen LogP contribution in [0, 0.1) is 16.7 Å². The number of nitrogens with zero attached hydrogens (tertiary/aromatic N) is 1. The zero-order valence-corrected chi connectivity index (χ0v) is 19.3. The molecule has 0 unspecified atom stereocenters. The summed E-state index contributed by atoms with van der Waals surface area (Å²) < 4.78 is 21.9. The first-order valence-corrected chi connectivity index (χ1v) is 11.5. The summed E-state index contributed by atoms with van der Waals surface area (Å²) in [7, 11) is 3.16. The Morgan fingerprint density at radius 2 is 1.96 bits per heavy atom. The Bertz CT molecular complexity index is 605. The summed E-state index contributed by atoms with van der Waals surface area (Å²) in [5, 5.41) is -0.263. The third kappa shape index (κ3) is 3.56. The minimum Gasteiger partial charge on any atom is -0.382 e. The van der Waals surface area contributed by atoms with Crippen LogP contribution in [0.4, 0.5) is 4.79 Å². The third-order valence-corrected chi connectivity index (χ3v) is 8.68. The van der Waals surface area contributed by atoms with Crippen LogP contribution in [0.5, 0.6) is 0 Å². The summed E-state index contributed by atoms with van der Waals surface area (Å²) in [6.45, 7) is 6.22. The number of thioether (sulfide) groups is 1. The molecule has 0 radical (unpaired) electrons. The molecule has 3 rings (SSSR count). The lowest BCUT2D eigenvalue weighted by atomic mass is 9.67. The molecule has 2 amide bonds. The van der Waals surface area contributed by atoms with Crippen LogP contribution in [0.3, 0.4) is 0 Å². The zero-order valence-electron chi connectivity index (χ0n) is 16.9. The predicted molar refractivity (Wildman–Crippen MR) is 109 cm³/mol. The molecule has 2 saturated carbocycles. The topological polar surface area (TPSA) is 74.3 Å². The molecule has 3 aliphatic rings. The van der Waals surface area contributed by atoms with E-state index >= 15 is 0 Å². The normalized spacial score (nSPS) is 36.5. The molecule has 0 aromatic carbocycles. The molecule has 2 aliphatic carbocycles. The van der Waals surface area contributed by atoms with Gasteiger partial charge in [-0.1, -0.05) is 29.8 Å². The highest BCUT2D eigenvalue weighted by Gasteiger charge is 2.70. The Morgan fingerprint density at radius 1 is 1.25 bits per heavy atom. The summed E-state index contributed by atoms with van der Waals surface area (Å²) in [5.41, 5.74) is -0.951. The van der Waals surface area contributed by atoms with Gasteiger partial charge in [0, 0.05) is 14.2 Å². The first kappa shape index (κ1) is 22.5.